The van der Waals surface area contributed by atoms with Gasteiger partial charge in [0.25, 0.3) is 0 Å². The molecule has 1 unspecified atom stereocenters. The minimum absolute atomic E-state index is 0.0840. The van der Waals surface area contributed by atoms with Crippen LogP contribution in [0.4, 0.5) is 5.69 Å². The van der Waals surface area contributed by atoms with Crippen LogP contribution in [0, 0.1) is 0 Å². The number of benzene rings is 1. The molecule has 0 spiro atoms. The number of carboxylic acids is 1. The number of carboxylic acid groups (broad SMARTS) is 1. The lowest BCUT2D eigenvalue weighted by molar-refractivity contribution is 0.0697. The molecule has 1 heterocycles. The maximum atomic E-state index is 10.9. The molecule has 0 radical (unpaired) electrons. The van der Waals surface area contributed by atoms with Crippen molar-refractivity contribution in [3.8, 4) is 0 Å². The van der Waals surface area contributed by atoms with Crippen LogP contribution in [0.15, 0.2) is 47.2 Å². The SMILES string of the molecule is CC(Nc1ccc(C(=O)O)cc1Br)c1cccnc1. The van der Waals surface area contributed by atoms with E-state index in [1.165, 1.54) is 0 Å². The van der Waals surface area contributed by atoms with Crippen molar-refractivity contribution >= 4 is 27.6 Å². The molecule has 98 valence electrons. The summed E-state index contributed by atoms with van der Waals surface area (Å²) in [5, 5.41) is 12.2. The molecule has 2 aromatic rings. The second-order valence-corrected chi connectivity index (χ2v) is 5.01. The lowest BCUT2D eigenvalue weighted by atomic mass is 10.1. The molecule has 0 fully saturated rings. The third-order valence-electron chi connectivity index (χ3n) is 2.77. The van der Waals surface area contributed by atoms with Crippen LogP contribution in [0.25, 0.3) is 0 Å². The lowest BCUT2D eigenvalue weighted by Gasteiger charge is -2.16. The van der Waals surface area contributed by atoms with Crippen LogP contribution < -0.4 is 5.32 Å². The third kappa shape index (κ3) is 3.32. The van der Waals surface area contributed by atoms with E-state index in [1.807, 2.05) is 19.1 Å². The summed E-state index contributed by atoms with van der Waals surface area (Å²) in [4.78, 5) is 14.9. The van der Waals surface area contributed by atoms with E-state index < -0.39 is 5.97 Å². The Kier molecular flexibility index (Phi) is 4.16. The molecule has 2 rings (SSSR count). The van der Waals surface area contributed by atoms with Crippen LogP contribution in [0.5, 0.6) is 0 Å². The summed E-state index contributed by atoms with van der Waals surface area (Å²) in [5.41, 5.74) is 2.17. The number of nitrogens with one attached hydrogen (secondary N) is 1. The van der Waals surface area contributed by atoms with E-state index in [1.54, 1.807) is 30.6 Å². The highest BCUT2D eigenvalue weighted by Crippen LogP contribution is 2.27. The summed E-state index contributed by atoms with van der Waals surface area (Å²) in [7, 11) is 0. The fourth-order valence-corrected chi connectivity index (χ4v) is 2.21. The van der Waals surface area contributed by atoms with Crippen molar-refractivity contribution in [2.45, 2.75) is 13.0 Å². The van der Waals surface area contributed by atoms with Gasteiger partial charge in [-0.15, -0.1) is 0 Å². The van der Waals surface area contributed by atoms with Crippen LogP contribution in [0.3, 0.4) is 0 Å². The lowest BCUT2D eigenvalue weighted by Crippen LogP contribution is -2.07. The van der Waals surface area contributed by atoms with Crippen molar-refractivity contribution < 1.29 is 9.90 Å². The van der Waals surface area contributed by atoms with Crippen molar-refractivity contribution in [3.05, 3.63) is 58.3 Å². The first-order valence-corrected chi connectivity index (χ1v) is 6.56. The van der Waals surface area contributed by atoms with E-state index >= 15 is 0 Å². The van der Waals surface area contributed by atoms with E-state index in [4.69, 9.17) is 5.11 Å². The smallest absolute Gasteiger partial charge is 0.335 e. The monoisotopic (exact) mass is 320 g/mol. The number of rotatable bonds is 4. The highest BCUT2D eigenvalue weighted by atomic mass is 79.9. The van der Waals surface area contributed by atoms with Gasteiger partial charge in [0.1, 0.15) is 0 Å². The summed E-state index contributed by atoms with van der Waals surface area (Å²) in [6.45, 7) is 2.02. The van der Waals surface area contributed by atoms with Crippen molar-refractivity contribution in [2.75, 3.05) is 5.32 Å². The number of aromatic nitrogens is 1. The number of halogens is 1. The average molecular weight is 321 g/mol. The number of carbonyl (C=O) groups is 1. The van der Waals surface area contributed by atoms with E-state index in [-0.39, 0.29) is 11.6 Å². The van der Waals surface area contributed by atoms with E-state index in [0.29, 0.717) is 0 Å². The fraction of sp³-hybridized carbons (Fsp3) is 0.143. The Labute approximate surface area is 119 Å². The van der Waals surface area contributed by atoms with Crippen LogP contribution in [0.1, 0.15) is 28.9 Å². The molecular weight excluding hydrogens is 308 g/mol. The molecule has 4 nitrogen and oxygen atoms in total. The molecule has 0 aliphatic heterocycles. The molecule has 1 aromatic heterocycles. The predicted octanol–water partition coefficient (Wildman–Crippen LogP) is 3.72. The maximum absolute atomic E-state index is 10.9. The Hall–Kier alpha value is -1.88. The van der Waals surface area contributed by atoms with Gasteiger partial charge in [-0.2, -0.15) is 0 Å². The molecule has 1 aromatic carbocycles. The molecule has 0 aliphatic rings. The van der Waals surface area contributed by atoms with Gasteiger partial charge in [-0.1, -0.05) is 6.07 Å². The zero-order valence-corrected chi connectivity index (χ0v) is 11.9. The van der Waals surface area contributed by atoms with Gasteiger partial charge in [-0.05, 0) is 52.7 Å². The van der Waals surface area contributed by atoms with Gasteiger partial charge in [-0.25, -0.2) is 4.79 Å². The fourth-order valence-electron chi connectivity index (χ4n) is 1.71. The van der Waals surface area contributed by atoms with Gasteiger partial charge in [-0.3, -0.25) is 4.98 Å². The van der Waals surface area contributed by atoms with Gasteiger partial charge in [0.05, 0.1) is 11.6 Å². The van der Waals surface area contributed by atoms with E-state index in [0.717, 1.165) is 15.7 Å². The molecule has 0 aliphatic carbocycles. The van der Waals surface area contributed by atoms with Gasteiger partial charge >= 0.3 is 5.97 Å². The minimum Gasteiger partial charge on any atom is -0.478 e. The predicted molar refractivity (Wildman–Crippen MR) is 77.4 cm³/mol. The van der Waals surface area contributed by atoms with Gasteiger partial charge in [0, 0.05) is 22.6 Å². The Balaban J connectivity index is 2.18. The Morgan fingerprint density at radius 1 is 1.42 bits per heavy atom. The second-order valence-electron chi connectivity index (χ2n) is 4.15. The van der Waals surface area contributed by atoms with E-state index in [2.05, 4.69) is 26.2 Å². The van der Waals surface area contributed by atoms with Crippen LogP contribution in [0.2, 0.25) is 0 Å². The molecule has 0 amide bonds. The first-order valence-electron chi connectivity index (χ1n) is 5.77. The minimum atomic E-state index is -0.937. The molecule has 0 saturated heterocycles. The van der Waals surface area contributed by atoms with Crippen LogP contribution in [-0.2, 0) is 0 Å². The van der Waals surface area contributed by atoms with Crippen molar-refractivity contribution in [3.63, 3.8) is 0 Å². The zero-order valence-electron chi connectivity index (χ0n) is 10.3. The molecular formula is C14H13BrN2O2. The van der Waals surface area contributed by atoms with E-state index in [9.17, 15) is 4.79 Å². The average Bonchev–Trinajstić information content (AvgIpc) is 2.41. The Morgan fingerprint density at radius 2 is 2.21 bits per heavy atom. The molecule has 0 bridgehead atoms. The maximum Gasteiger partial charge on any atom is 0.335 e. The van der Waals surface area contributed by atoms with Gasteiger partial charge < -0.3 is 10.4 Å². The van der Waals surface area contributed by atoms with Crippen molar-refractivity contribution in [1.29, 1.82) is 0 Å². The number of hydrogen-bond acceptors (Lipinski definition) is 3. The summed E-state index contributed by atoms with van der Waals surface area (Å²) in [6.07, 6.45) is 3.53. The number of nitrogens with zero attached hydrogens (tertiary/aromatic N) is 1. The van der Waals surface area contributed by atoms with Crippen molar-refractivity contribution in [2.24, 2.45) is 0 Å². The Morgan fingerprint density at radius 3 is 2.79 bits per heavy atom. The molecule has 19 heavy (non-hydrogen) atoms. The first kappa shape index (κ1) is 13.5. The highest BCUT2D eigenvalue weighted by molar-refractivity contribution is 9.10. The second kappa shape index (κ2) is 5.84. The number of pyridine rings is 1. The molecule has 1 atom stereocenters. The Bertz CT molecular complexity index is 587. The summed E-state index contributed by atoms with van der Waals surface area (Å²) < 4.78 is 0.725. The summed E-state index contributed by atoms with van der Waals surface area (Å²) in [5.74, 6) is -0.937. The van der Waals surface area contributed by atoms with Crippen LogP contribution >= 0.6 is 15.9 Å². The number of anilines is 1. The number of aromatic carboxylic acids is 1. The third-order valence-corrected chi connectivity index (χ3v) is 3.43. The van der Waals surface area contributed by atoms with Gasteiger partial charge in [0.15, 0.2) is 0 Å². The van der Waals surface area contributed by atoms with Gasteiger partial charge in [0.2, 0.25) is 0 Å². The zero-order chi connectivity index (χ0) is 13.8. The normalized spacial score (nSPS) is 11.9. The standard InChI is InChI=1S/C14H13BrN2O2/c1-9(11-3-2-6-16-8-11)17-13-5-4-10(14(18)19)7-12(13)15/h2-9,17H,1H3,(H,18,19). The summed E-state index contributed by atoms with van der Waals surface area (Å²) >= 11 is 3.38. The highest BCUT2D eigenvalue weighted by Gasteiger charge is 2.10. The number of hydrogen-bond donors (Lipinski definition) is 2. The molecule has 2 N–H and O–H groups in total. The summed E-state index contributed by atoms with van der Waals surface area (Å²) in [6, 6.07) is 8.87. The first-order chi connectivity index (χ1) is 9.08. The largest absolute Gasteiger partial charge is 0.478 e. The van der Waals surface area contributed by atoms with Crippen LogP contribution in [-0.4, -0.2) is 16.1 Å². The van der Waals surface area contributed by atoms with Crippen molar-refractivity contribution in [1.82, 2.24) is 4.98 Å². The molecule has 5 heteroatoms. The topological polar surface area (TPSA) is 62.2 Å². The quantitative estimate of drug-likeness (QED) is 0.901. The molecule has 0 saturated carbocycles.